The van der Waals surface area contributed by atoms with Gasteiger partial charge < -0.3 is 10.6 Å². The van der Waals surface area contributed by atoms with E-state index in [0.717, 1.165) is 11.5 Å². The number of aryl methyl sites for hydroxylation is 1. The molecular formula is C14H24N4. The molecule has 1 fully saturated rings. The third-order valence-corrected chi connectivity index (χ3v) is 3.53. The Hall–Kier alpha value is -1.32. The molecule has 1 aliphatic carbocycles. The predicted molar refractivity (Wildman–Crippen MR) is 76.0 cm³/mol. The summed E-state index contributed by atoms with van der Waals surface area (Å²) in [5, 5.41) is 6.58. The third-order valence-electron chi connectivity index (χ3n) is 3.53. The second kappa shape index (κ2) is 6.57. The van der Waals surface area contributed by atoms with Crippen molar-refractivity contribution in [2.45, 2.75) is 57.9 Å². The van der Waals surface area contributed by atoms with Gasteiger partial charge in [0.2, 0.25) is 5.95 Å². The highest BCUT2D eigenvalue weighted by molar-refractivity contribution is 5.42. The summed E-state index contributed by atoms with van der Waals surface area (Å²) in [5.74, 6) is 1.65. The molecule has 2 N–H and O–H groups in total. The lowest BCUT2D eigenvalue weighted by Gasteiger charge is -2.21. The second-order valence-electron chi connectivity index (χ2n) is 5.15. The van der Waals surface area contributed by atoms with Crippen LogP contribution in [0.5, 0.6) is 0 Å². The summed E-state index contributed by atoms with van der Waals surface area (Å²) in [6, 6.07) is 2.60. The Morgan fingerprint density at radius 1 is 1.06 bits per heavy atom. The van der Waals surface area contributed by atoms with Crippen molar-refractivity contribution in [3.8, 4) is 0 Å². The zero-order valence-electron chi connectivity index (χ0n) is 11.5. The summed E-state index contributed by atoms with van der Waals surface area (Å²) in [4.78, 5) is 8.78. The summed E-state index contributed by atoms with van der Waals surface area (Å²) in [5.41, 5.74) is 1.00. The Labute approximate surface area is 110 Å². The van der Waals surface area contributed by atoms with Gasteiger partial charge in [-0.15, -0.1) is 0 Å². The van der Waals surface area contributed by atoms with Gasteiger partial charge in [0, 0.05) is 24.8 Å². The Bertz CT molecular complexity index is 370. The Morgan fingerprint density at radius 3 is 2.39 bits per heavy atom. The maximum atomic E-state index is 4.47. The van der Waals surface area contributed by atoms with Crippen molar-refractivity contribution in [1.82, 2.24) is 9.97 Å². The Balaban J connectivity index is 2.00. The van der Waals surface area contributed by atoms with Crippen LogP contribution in [0.1, 0.15) is 50.6 Å². The number of hydrogen-bond acceptors (Lipinski definition) is 4. The van der Waals surface area contributed by atoms with Gasteiger partial charge in [0.1, 0.15) is 5.82 Å². The first-order valence-corrected chi connectivity index (χ1v) is 7.08. The SMILES string of the molecule is CNc1nc(C)cc(NC2CCCCCCC2)n1. The zero-order chi connectivity index (χ0) is 12.8. The molecule has 0 amide bonds. The molecule has 0 atom stereocenters. The second-order valence-corrected chi connectivity index (χ2v) is 5.15. The lowest BCUT2D eigenvalue weighted by Crippen LogP contribution is -2.21. The van der Waals surface area contributed by atoms with E-state index in [-0.39, 0.29) is 0 Å². The van der Waals surface area contributed by atoms with E-state index in [2.05, 4.69) is 20.6 Å². The van der Waals surface area contributed by atoms with Gasteiger partial charge in [-0.2, -0.15) is 4.98 Å². The minimum absolute atomic E-state index is 0.573. The van der Waals surface area contributed by atoms with E-state index in [1.165, 1.54) is 44.9 Å². The molecule has 0 bridgehead atoms. The maximum Gasteiger partial charge on any atom is 0.224 e. The molecule has 1 aromatic rings. The summed E-state index contributed by atoms with van der Waals surface area (Å²) >= 11 is 0. The van der Waals surface area contributed by atoms with Crippen molar-refractivity contribution in [1.29, 1.82) is 0 Å². The van der Waals surface area contributed by atoms with E-state index in [0.29, 0.717) is 12.0 Å². The van der Waals surface area contributed by atoms with Gasteiger partial charge >= 0.3 is 0 Å². The van der Waals surface area contributed by atoms with Gasteiger partial charge in [-0.25, -0.2) is 4.98 Å². The van der Waals surface area contributed by atoms with Crippen molar-refractivity contribution < 1.29 is 0 Å². The molecule has 0 radical (unpaired) electrons. The number of anilines is 2. The van der Waals surface area contributed by atoms with E-state index in [4.69, 9.17) is 0 Å². The van der Waals surface area contributed by atoms with Gasteiger partial charge in [-0.05, 0) is 19.8 Å². The number of rotatable bonds is 3. The largest absolute Gasteiger partial charge is 0.367 e. The molecule has 4 nitrogen and oxygen atoms in total. The number of nitrogens with zero attached hydrogens (tertiary/aromatic N) is 2. The minimum Gasteiger partial charge on any atom is -0.367 e. The molecule has 18 heavy (non-hydrogen) atoms. The summed E-state index contributed by atoms with van der Waals surface area (Å²) < 4.78 is 0. The van der Waals surface area contributed by atoms with Crippen molar-refractivity contribution in [3.05, 3.63) is 11.8 Å². The van der Waals surface area contributed by atoms with Crippen LogP contribution in [0.2, 0.25) is 0 Å². The molecule has 0 aliphatic heterocycles. The highest BCUT2D eigenvalue weighted by Gasteiger charge is 2.12. The lowest BCUT2D eigenvalue weighted by molar-refractivity contribution is 0.470. The van der Waals surface area contributed by atoms with Gasteiger partial charge in [0.25, 0.3) is 0 Å². The van der Waals surface area contributed by atoms with Crippen LogP contribution in [0.25, 0.3) is 0 Å². The van der Waals surface area contributed by atoms with Crippen LogP contribution in [0.4, 0.5) is 11.8 Å². The fourth-order valence-electron chi connectivity index (χ4n) is 2.56. The van der Waals surface area contributed by atoms with Crippen LogP contribution in [-0.4, -0.2) is 23.1 Å². The first-order chi connectivity index (χ1) is 8.78. The fourth-order valence-corrected chi connectivity index (χ4v) is 2.56. The predicted octanol–water partition coefficient (Wildman–Crippen LogP) is 3.35. The van der Waals surface area contributed by atoms with Crippen molar-refractivity contribution in [2.24, 2.45) is 0 Å². The monoisotopic (exact) mass is 248 g/mol. The number of aromatic nitrogens is 2. The quantitative estimate of drug-likeness (QED) is 0.861. The van der Waals surface area contributed by atoms with E-state index in [1.807, 2.05) is 20.0 Å². The first kappa shape index (κ1) is 13.1. The number of nitrogens with one attached hydrogen (secondary N) is 2. The van der Waals surface area contributed by atoms with Crippen LogP contribution in [-0.2, 0) is 0 Å². The molecule has 2 rings (SSSR count). The Kier molecular flexibility index (Phi) is 4.79. The van der Waals surface area contributed by atoms with E-state index in [9.17, 15) is 0 Å². The van der Waals surface area contributed by atoms with Gasteiger partial charge in [0.05, 0.1) is 0 Å². The highest BCUT2D eigenvalue weighted by atomic mass is 15.1. The first-order valence-electron chi connectivity index (χ1n) is 7.08. The molecule has 0 saturated heterocycles. The third kappa shape index (κ3) is 3.86. The smallest absolute Gasteiger partial charge is 0.224 e. The summed E-state index contributed by atoms with van der Waals surface area (Å²) in [6.07, 6.45) is 9.35. The summed E-state index contributed by atoms with van der Waals surface area (Å²) in [6.45, 7) is 2.01. The van der Waals surface area contributed by atoms with Crippen LogP contribution in [0.15, 0.2) is 6.07 Å². The topological polar surface area (TPSA) is 49.8 Å². The average molecular weight is 248 g/mol. The van der Waals surface area contributed by atoms with Gasteiger partial charge in [-0.1, -0.05) is 32.1 Å². The van der Waals surface area contributed by atoms with E-state index < -0.39 is 0 Å². The van der Waals surface area contributed by atoms with Crippen molar-refractivity contribution in [3.63, 3.8) is 0 Å². The fraction of sp³-hybridized carbons (Fsp3) is 0.714. The van der Waals surface area contributed by atoms with Crippen molar-refractivity contribution in [2.75, 3.05) is 17.7 Å². The lowest BCUT2D eigenvalue weighted by atomic mass is 9.97. The molecule has 1 heterocycles. The van der Waals surface area contributed by atoms with Crippen molar-refractivity contribution >= 4 is 11.8 Å². The van der Waals surface area contributed by atoms with Crippen LogP contribution < -0.4 is 10.6 Å². The molecule has 0 spiro atoms. The van der Waals surface area contributed by atoms with Gasteiger partial charge in [-0.3, -0.25) is 0 Å². The van der Waals surface area contributed by atoms with E-state index >= 15 is 0 Å². The molecule has 4 heteroatoms. The minimum atomic E-state index is 0.573. The zero-order valence-corrected chi connectivity index (χ0v) is 11.5. The van der Waals surface area contributed by atoms with Crippen LogP contribution in [0.3, 0.4) is 0 Å². The van der Waals surface area contributed by atoms with Crippen LogP contribution in [0, 0.1) is 6.92 Å². The normalized spacial score (nSPS) is 17.9. The standard InChI is InChI=1S/C14H24N4/c1-11-10-13(18-14(15-2)16-11)17-12-8-6-4-3-5-7-9-12/h10,12H,3-9H2,1-2H3,(H2,15,16,17,18). The van der Waals surface area contributed by atoms with Crippen LogP contribution >= 0.6 is 0 Å². The molecule has 0 aromatic carbocycles. The maximum absolute atomic E-state index is 4.47. The Morgan fingerprint density at radius 2 is 1.72 bits per heavy atom. The molecule has 100 valence electrons. The van der Waals surface area contributed by atoms with E-state index in [1.54, 1.807) is 0 Å². The number of hydrogen-bond donors (Lipinski definition) is 2. The highest BCUT2D eigenvalue weighted by Crippen LogP contribution is 2.20. The summed E-state index contributed by atoms with van der Waals surface area (Å²) in [7, 11) is 1.86. The molecule has 1 aromatic heterocycles. The average Bonchev–Trinajstić information content (AvgIpc) is 2.31. The molecule has 1 saturated carbocycles. The van der Waals surface area contributed by atoms with Gasteiger partial charge in [0.15, 0.2) is 0 Å². The molecule has 1 aliphatic rings. The molecule has 0 unspecified atom stereocenters. The molecular weight excluding hydrogens is 224 g/mol.